The van der Waals surface area contributed by atoms with Crippen molar-refractivity contribution in [3.63, 3.8) is 0 Å². The quantitative estimate of drug-likeness (QED) is 0.211. The molecule has 0 bridgehead atoms. The second kappa shape index (κ2) is 16.3. The number of nitrogens with two attached hydrogens (primary N) is 1. The van der Waals surface area contributed by atoms with Gasteiger partial charge >= 0.3 is 0 Å². The summed E-state index contributed by atoms with van der Waals surface area (Å²) in [5, 5.41) is 14.4. The lowest BCUT2D eigenvalue weighted by Crippen LogP contribution is -2.54. The molecule has 0 aliphatic rings. The number of hydrogen-bond acceptors (Lipinski definition) is 8. The lowest BCUT2D eigenvalue weighted by Gasteiger charge is -2.31. The van der Waals surface area contributed by atoms with Crippen LogP contribution in [0.4, 0.5) is 8.78 Å². The summed E-state index contributed by atoms with van der Waals surface area (Å²) in [5.74, 6) is -3.70. The number of hydrogen-bond donors (Lipinski definition) is 3. The predicted octanol–water partition coefficient (Wildman–Crippen LogP) is 3.87. The molecule has 2 aromatic carbocycles. The minimum Gasteiger partial charge on any atom is -0.390 e. The Hall–Kier alpha value is -3.26. The molecule has 246 valence electrons. The molecule has 0 saturated heterocycles. The van der Waals surface area contributed by atoms with E-state index in [1.54, 1.807) is 19.9 Å². The maximum Gasteiger partial charge on any atom is 0.263 e. The van der Waals surface area contributed by atoms with Gasteiger partial charge < -0.3 is 21.1 Å². The molecular weight excluding hydrogens is 623 g/mol. The number of halogens is 2. The van der Waals surface area contributed by atoms with Gasteiger partial charge in [-0.3, -0.25) is 9.59 Å². The molecule has 9 nitrogen and oxygen atoms in total. The molecule has 3 atom stereocenters. The van der Waals surface area contributed by atoms with E-state index in [4.69, 9.17) is 5.73 Å². The van der Waals surface area contributed by atoms with Crippen LogP contribution < -0.4 is 11.1 Å². The van der Waals surface area contributed by atoms with Gasteiger partial charge in [0, 0.05) is 25.2 Å². The zero-order chi connectivity index (χ0) is 33.3. The molecule has 0 radical (unpaired) electrons. The Morgan fingerprint density at radius 2 is 1.73 bits per heavy atom. The predicted molar refractivity (Wildman–Crippen MR) is 172 cm³/mol. The van der Waals surface area contributed by atoms with E-state index in [-0.39, 0.29) is 35.7 Å². The van der Waals surface area contributed by atoms with E-state index < -0.39 is 57.2 Å². The minimum absolute atomic E-state index is 0.00881. The summed E-state index contributed by atoms with van der Waals surface area (Å²) in [7, 11) is -3.76. The number of aliphatic hydroxyl groups excluding tert-OH is 1. The average molecular weight is 665 g/mol. The summed E-state index contributed by atoms with van der Waals surface area (Å²) >= 11 is 1.13. The van der Waals surface area contributed by atoms with Gasteiger partial charge in [-0.2, -0.15) is 0 Å². The molecule has 13 heteroatoms. The number of nitrogens with zero attached hydrogens (tertiary/aromatic N) is 2. The lowest BCUT2D eigenvalue weighted by molar-refractivity contribution is -0.135. The van der Waals surface area contributed by atoms with Crippen molar-refractivity contribution in [2.24, 2.45) is 5.73 Å². The van der Waals surface area contributed by atoms with Crippen molar-refractivity contribution in [3.05, 3.63) is 86.4 Å². The van der Waals surface area contributed by atoms with E-state index in [9.17, 15) is 31.9 Å². The average Bonchev–Trinajstić information content (AvgIpc) is 3.32. The standard InChI is InChI=1S/C32H42F2N4O5S2/c1-5-7-11-45(42,43)19-28(37-31(40)30-20(3)36-21(4)44-30)32(41)38(17-23-10-8-9-22(6-2)12-23)18-29(39)27(35)15-24-13-25(33)16-26(34)14-24/h8-10,12-14,16,27-29,39H,5-7,11,15,17-19,35H2,1-4H3,(H,37,40)/t27-,28+,29+/m0/s1. The third kappa shape index (κ3) is 10.9. The molecule has 45 heavy (non-hydrogen) atoms. The number of aliphatic hydroxyl groups is 1. The van der Waals surface area contributed by atoms with Crippen LogP contribution in [-0.4, -0.2) is 71.5 Å². The van der Waals surface area contributed by atoms with E-state index >= 15 is 0 Å². The Morgan fingerprint density at radius 1 is 1.07 bits per heavy atom. The highest BCUT2D eigenvalue weighted by molar-refractivity contribution is 7.91. The third-order valence-electron chi connectivity index (χ3n) is 7.32. The van der Waals surface area contributed by atoms with Crippen LogP contribution in [0.3, 0.4) is 0 Å². The highest BCUT2D eigenvalue weighted by atomic mass is 32.2. The molecule has 1 heterocycles. The number of carbonyl (C=O) groups is 2. The number of sulfone groups is 1. The van der Waals surface area contributed by atoms with Crippen LogP contribution in [0.5, 0.6) is 0 Å². The fourth-order valence-corrected chi connectivity index (χ4v) is 7.41. The number of aryl methyl sites for hydroxylation is 3. The largest absolute Gasteiger partial charge is 0.390 e. The highest BCUT2D eigenvalue weighted by Gasteiger charge is 2.33. The summed E-state index contributed by atoms with van der Waals surface area (Å²) < 4.78 is 53.7. The molecular formula is C32H42F2N4O5S2. The summed E-state index contributed by atoms with van der Waals surface area (Å²) in [4.78, 5) is 33.3. The summed E-state index contributed by atoms with van der Waals surface area (Å²) in [6, 6.07) is 7.95. The zero-order valence-corrected chi connectivity index (χ0v) is 27.7. The van der Waals surface area contributed by atoms with Gasteiger partial charge in [0.1, 0.15) is 22.6 Å². The summed E-state index contributed by atoms with van der Waals surface area (Å²) in [6.07, 6.45) is 0.323. The van der Waals surface area contributed by atoms with Crippen LogP contribution in [0.15, 0.2) is 42.5 Å². The lowest BCUT2D eigenvalue weighted by atomic mass is 10.0. The van der Waals surface area contributed by atoms with Crippen LogP contribution in [0, 0.1) is 25.5 Å². The van der Waals surface area contributed by atoms with Gasteiger partial charge in [-0.1, -0.05) is 44.5 Å². The molecule has 2 amide bonds. The second-order valence-corrected chi connectivity index (χ2v) is 14.7. The van der Waals surface area contributed by atoms with Crippen molar-refractivity contribution in [2.45, 2.75) is 78.1 Å². The first-order valence-electron chi connectivity index (χ1n) is 14.9. The van der Waals surface area contributed by atoms with Gasteiger partial charge in [-0.05, 0) is 61.9 Å². The molecule has 4 N–H and O–H groups in total. The first kappa shape index (κ1) is 36.2. The third-order valence-corrected chi connectivity index (χ3v) is 10.1. The van der Waals surface area contributed by atoms with E-state index in [1.165, 1.54) is 4.90 Å². The van der Waals surface area contributed by atoms with Crippen LogP contribution in [0.2, 0.25) is 0 Å². The van der Waals surface area contributed by atoms with Crippen molar-refractivity contribution in [2.75, 3.05) is 18.1 Å². The van der Waals surface area contributed by atoms with Gasteiger partial charge in [-0.15, -0.1) is 11.3 Å². The number of amides is 2. The van der Waals surface area contributed by atoms with E-state index in [2.05, 4.69) is 10.3 Å². The Bertz CT molecular complexity index is 1560. The molecule has 0 saturated carbocycles. The number of unbranched alkanes of at least 4 members (excludes halogenated alkanes) is 1. The Kier molecular flexibility index (Phi) is 13.2. The Balaban J connectivity index is 1.95. The van der Waals surface area contributed by atoms with Crippen molar-refractivity contribution < 1.29 is 31.9 Å². The molecule has 3 rings (SSSR count). The Labute approximate surface area is 267 Å². The van der Waals surface area contributed by atoms with Gasteiger partial charge in [0.05, 0.1) is 28.3 Å². The second-order valence-electron chi connectivity index (χ2n) is 11.2. The topological polar surface area (TPSA) is 143 Å². The van der Waals surface area contributed by atoms with Crippen LogP contribution in [-0.2, 0) is 34.0 Å². The molecule has 0 fully saturated rings. The summed E-state index contributed by atoms with van der Waals surface area (Å²) in [5.41, 5.74) is 8.66. The molecule has 3 aromatic rings. The van der Waals surface area contributed by atoms with Crippen LogP contribution in [0.1, 0.15) is 63.8 Å². The van der Waals surface area contributed by atoms with Crippen molar-refractivity contribution in [1.82, 2.24) is 15.2 Å². The number of benzene rings is 2. The molecule has 0 unspecified atom stereocenters. The van der Waals surface area contributed by atoms with E-state index in [0.717, 1.165) is 47.1 Å². The maximum atomic E-state index is 14.2. The van der Waals surface area contributed by atoms with Crippen LogP contribution in [0.25, 0.3) is 0 Å². The number of rotatable bonds is 16. The van der Waals surface area contributed by atoms with Crippen molar-refractivity contribution in [3.8, 4) is 0 Å². The van der Waals surface area contributed by atoms with Gasteiger partial charge in [0.2, 0.25) is 5.91 Å². The van der Waals surface area contributed by atoms with Gasteiger partial charge in [-0.25, -0.2) is 22.2 Å². The van der Waals surface area contributed by atoms with Crippen molar-refractivity contribution in [1.29, 1.82) is 0 Å². The Morgan fingerprint density at radius 3 is 2.33 bits per heavy atom. The van der Waals surface area contributed by atoms with Gasteiger partial charge in [0.15, 0.2) is 9.84 Å². The van der Waals surface area contributed by atoms with E-state index in [0.29, 0.717) is 23.5 Å². The normalized spacial score (nSPS) is 13.7. The van der Waals surface area contributed by atoms with Crippen LogP contribution >= 0.6 is 11.3 Å². The van der Waals surface area contributed by atoms with Gasteiger partial charge in [0.25, 0.3) is 5.91 Å². The smallest absolute Gasteiger partial charge is 0.263 e. The molecule has 0 aliphatic carbocycles. The fraction of sp³-hybridized carbons (Fsp3) is 0.469. The molecule has 0 aliphatic heterocycles. The molecule has 1 aromatic heterocycles. The minimum atomic E-state index is -3.76. The fourth-order valence-electron chi connectivity index (χ4n) is 4.96. The number of aromatic nitrogens is 1. The number of nitrogens with one attached hydrogen (secondary N) is 1. The first-order chi connectivity index (χ1) is 21.2. The first-order valence-corrected chi connectivity index (χ1v) is 17.6. The summed E-state index contributed by atoms with van der Waals surface area (Å²) in [6.45, 7) is 6.89. The highest BCUT2D eigenvalue weighted by Crippen LogP contribution is 2.19. The molecule has 0 spiro atoms. The number of thiazole rings is 1. The maximum absolute atomic E-state index is 14.2. The monoisotopic (exact) mass is 664 g/mol. The SMILES string of the molecule is CCCCS(=O)(=O)C[C@@H](NC(=O)c1sc(C)nc1C)C(=O)N(Cc1cccc(CC)c1)C[C@@H](O)[C@@H](N)Cc1cc(F)cc(F)c1. The number of carbonyl (C=O) groups excluding carboxylic acids is 2. The van der Waals surface area contributed by atoms with E-state index in [1.807, 2.05) is 32.0 Å². The zero-order valence-electron chi connectivity index (χ0n) is 26.1. The van der Waals surface area contributed by atoms with Crippen molar-refractivity contribution >= 4 is 33.0 Å².